The number of rotatable bonds is 7. The predicted octanol–water partition coefficient (Wildman–Crippen LogP) is 3.65. The lowest BCUT2D eigenvalue weighted by atomic mass is 10.2. The van der Waals surface area contributed by atoms with E-state index in [9.17, 15) is 13.2 Å². The van der Waals surface area contributed by atoms with Crippen LogP contribution in [0.15, 0.2) is 41.3 Å². The van der Waals surface area contributed by atoms with Crippen molar-refractivity contribution in [1.29, 1.82) is 0 Å². The van der Waals surface area contributed by atoms with Gasteiger partial charge in [-0.05, 0) is 56.9 Å². The first kappa shape index (κ1) is 25.1. The van der Waals surface area contributed by atoms with E-state index in [-0.39, 0.29) is 23.2 Å². The molecule has 168 valence electrons. The Hall–Kier alpha value is -2.20. The second-order valence-electron chi connectivity index (χ2n) is 7.32. The lowest BCUT2D eigenvalue weighted by Crippen LogP contribution is -2.36. The first-order chi connectivity index (χ1) is 14.1. The molecule has 0 saturated carbocycles. The van der Waals surface area contributed by atoms with Gasteiger partial charge in [-0.3, -0.25) is 9.69 Å². The van der Waals surface area contributed by atoms with Crippen molar-refractivity contribution < 1.29 is 17.9 Å². The number of hydrogen-bond acceptors (Lipinski definition) is 7. The Kier molecular flexibility index (Phi) is 8.04. The molecule has 31 heavy (non-hydrogen) atoms. The molecule has 3 rings (SSSR count). The predicted molar refractivity (Wildman–Crippen MR) is 128 cm³/mol. The Balaban J connectivity index is 0.00000341. The second-order valence-corrected chi connectivity index (χ2v) is 10.3. The van der Waals surface area contributed by atoms with Crippen molar-refractivity contribution in [2.75, 3.05) is 45.5 Å². The van der Waals surface area contributed by atoms with E-state index in [1.807, 2.05) is 38.1 Å². The molecule has 7 nitrogen and oxygen atoms in total. The van der Waals surface area contributed by atoms with Gasteiger partial charge in [0.2, 0.25) is 0 Å². The molecule has 0 aliphatic heterocycles. The van der Waals surface area contributed by atoms with E-state index in [2.05, 4.69) is 0 Å². The Morgan fingerprint density at radius 2 is 1.74 bits per heavy atom. The highest BCUT2D eigenvalue weighted by atomic mass is 35.5. The van der Waals surface area contributed by atoms with E-state index < -0.39 is 9.84 Å². The van der Waals surface area contributed by atoms with Crippen LogP contribution in [0.3, 0.4) is 0 Å². The average Bonchev–Trinajstić information content (AvgIpc) is 3.13. The summed E-state index contributed by atoms with van der Waals surface area (Å²) < 4.78 is 29.8. The third-order valence-electron chi connectivity index (χ3n) is 4.69. The summed E-state index contributed by atoms with van der Waals surface area (Å²) in [5, 5.41) is 0.580. The smallest absolute Gasteiger partial charge is 0.260 e. The molecule has 0 atom stereocenters. The molecular weight excluding hydrogens is 458 g/mol. The lowest BCUT2D eigenvalue weighted by molar-refractivity contribution is 0.0985. The maximum absolute atomic E-state index is 13.3. The number of ether oxygens (including phenoxy) is 1. The topological polar surface area (TPSA) is 79.8 Å². The summed E-state index contributed by atoms with van der Waals surface area (Å²) in [7, 11) is 2.15. The van der Waals surface area contributed by atoms with Gasteiger partial charge in [0.15, 0.2) is 15.0 Å². The Morgan fingerprint density at radius 1 is 1.10 bits per heavy atom. The third kappa shape index (κ3) is 5.54. The quantitative estimate of drug-likeness (QED) is 0.510. The van der Waals surface area contributed by atoms with Crippen molar-refractivity contribution >= 4 is 54.8 Å². The molecule has 2 aromatic carbocycles. The average molecular weight is 484 g/mol. The number of methoxy groups -OCH3 is 1. The number of aryl methyl sites for hydroxylation is 1. The van der Waals surface area contributed by atoms with E-state index in [1.165, 1.54) is 23.5 Å². The maximum Gasteiger partial charge on any atom is 0.260 e. The number of benzene rings is 2. The Bertz CT molecular complexity index is 1180. The van der Waals surface area contributed by atoms with Gasteiger partial charge in [0.1, 0.15) is 11.3 Å². The number of amides is 1. The van der Waals surface area contributed by atoms with Crippen LogP contribution in [0.5, 0.6) is 5.75 Å². The van der Waals surface area contributed by atoms with Gasteiger partial charge >= 0.3 is 0 Å². The van der Waals surface area contributed by atoms with Crippen molar-refractivity contribution in [2.24, 2.45) is 0 Å². The normalized spacial score (nSPS) is 11.4. The van der Waals surface area contributed by atoms with Crippen LogP contribution in [0, 0.1) is 6.92 Å². The van der Waals surface area contributed by atoms with Crippen LogP contribution < -0.4 is 9.64 Å². The first-order valence-corrected chi connectivity index (χ1v) is 12.0. The standard InChI is InChI=1S/C21H25N3O4S2.ClH/c1-14-6-11-17(28-4)18-19(14)29-21(22-18)24(13-12-23(2)3)20(25)15-7-9-16(10-8-15)30(5,26)27;/h6-11H,12-13H2,1-5H3;1H. The van der Waals surface area contributed by atoms with Crippen molar-refractivity contribution in [1.82, 2.24) is 9.88 Å². The number of sulfone groups is 1. The van der Waals surface area contributed by atoms with E-state index in [0.717, 1.165) is 22.0 Å². The van der Waals surface area contributed by atoms with Crippen LogP contribution >= 0.6 is 23.7 Å². The second kappa shape index (κ2) is 9.95. The van der Waals surface area contributed by atoms with Gasteiger partial charge in [-0.1, -0.05) is 17.4 Å². The van der Waals surface area contributed by atoms with Crippen molar-refractivity contribution in [2.45, 2.75) is 11.8 Å². The summed E-state index contributed by atoms with van der Waals surface area (Å²) in [6, 6.07) is 9.84. The molecule has 0 spiro atoms. The number of halogens is 1. The fraction of sp³-hybridized carbons (Fsp3) is 0.333. The molecule has 0 fully saturated rings. The monoisotopic (exact) mass is 483 g/mol. The fourth-order valence-electron chi connectivity index (χ4n) is 2.96. The van der Waals surface area contributed by atoms with E-state index in [4.69, 9.17) is 9.72 Å². The van der Waals surface area contributed by atoms with Gasteiger partial charge in [-0.2, -0.15) is 0 Å². The largest absolute Gasteiger partial charge is 0.494 e. The molecule has 1 aromatic heterocycles. The molecule has 0 saturated heterocycles. The van der Waals surface area contributed by atoms with Crippen LogP contribution in [-0.4, -0.2) is 64.8 Å². The highest BCUT2D eigenvalue weighted by Gasteiger charge is 2.23. The summed E-state index contributed by atoms with van der Waals surface area (Å²) in [4.78, 5) is 21.8. The van der Waals surface area contributed by atoms with E-state index in [1.54, 1.807) is 24.1 Å². The number of likely N-dealkylation sites (N-methyl/N-ethyl adjacent to an activating group) is 1. The molecular formula is C21H26ClN3O4S2. The first-order valence-electron chi connectivity index (χ1n) is 9.32. The van der Waals surface area contributed by atoms with Crippen molar-refractivity contribution in [3.8, 4) is 5.75 Å². The number of thiazole rings is 1. The number of fused-ring (bicyclic) bond motifs is 1. The maximum atomic E-state index is 13.3. The number of anilines is 1. The molecule has 1 amide bonds. The summed E-state index contributed by atoms with van der Waals surface area (Å²) in [5.41, 5.74) is 2.20. The van der Waals surface area contributed by atoms with Crippen LogP contribution in [0.4, 0.5) is 5.13 Å². The molecule has 0 unspecified atom stereocenters. The number of hydrogen-bond donors (Lipinski definition) is 0. The molecule has 0 N–H and O–H groups in total. The number of nitrogens with zero attached hydrogens (tertiary/aromatic N) is 3. The Labute approximate surface area is 193 Å². The molecule has 0 aliphatic rings. The van der Waals surface area contributed by atoms with Gasteiger partial charge in [0.05, 0.1) is 16.7 Å². The minimum absolute atomic E-state index is 0. The zero-order valence-electron chi connectivity index (χ0n) is 18.1. The van der Waals surface area contributed by atoms with E-state index in [0.29, 0.717) is 29.5 Å². The number of carbonyl (C=O) groups is 1. The number of carbonyl (C=O) groups excluding carboxylic acids is 1. The molecule has 10 heteroatoms. The third-order valence-corrected chi connectivity index (χ3v) is 7.03. The highest BCUT2D eigenvalue weighted by molar-refractivity contribution is 7.90. The SMILES string of the molecule is COc1ccc(C)c2sc(N(CCN(C)C)C(=O)c3ccc(S(C)(=O)=O)cc3)nc12.Cl. The van der Waals surface area contributed by atoms with Crippen LogP contribution in [0.1, 0.15) is 15.9 Å². The number of aromatic nitrogens is 1. The van der Waals surface area contributed by atoms with E-state index >= 15 is 0 Å². The summed E-state index contributed by atoms with van der Waals surface area (Å²) >= 11 is 1.44. The Morgan fingerprint density at radius 3 is 2.29 bits per heavy atom. The summed E-state index contributed by atoms with van der Waals surface area (Å²) in [6.45, 7) is 3.10. The van der Waals surface area contributed by atoms with Gasteiger partial charge in [-0.15, -0.1) is 12.4 Å². The van der Waals surface area contributed by atoms with Gasteiger partial charge in [0, 0.05) is 24.9 Å². The van der Waals surface area contributed by atoms with Gasteiger partial charge < -0.3 is 9.64 Å². The molecule has 3 aromatic rings. The summed E-state index contributed by atoms with van der Waals surface area (Å²) in [5.74, 6) is 0.434. The van der Waals surface area contributed by atoms with Crippen molar-refractivity contribution in [3.05, 3.63) is 47.5 Å². The van der Waals surface area contributed by atoms with Crippen LogP contribution in [-0.2, 0) is 9.84 Å². The van der Waals surface area contributed by atoms with Gasteiger partial charge in [-0.25, -0.2) is 13.4 Å². The zero-order chi connectivity index (χ0) is 22.1. The molecule has 0 aliphatic carbocycles. The minimum atomic E-state index is -3.32. The van der Waals surface area contributed by atoms with Crippen molar-refractivity contribution in [3.63, 3.8) is 0 Å². The minimum Gasteiger partial charge on any atom is -0.494 e. The fourth-order valence-corrected chi connectivity index (χ4v) is 4.67. The molecule has 0 bridgehead atoms. The lowest BCUT2D eigenvalue weighted by Gasteiger charge is -2.22. The van der Waals surface area contributed by atoms with Gasteiger partial charge in [0.25, 0.3) is 5.91 Å². The van der Waals surface area contributed by atoms with Crippen LogP contribution in [0.25, 0.3) is 10.2 Å². The zero-order valence-corrected chi connectivity index (χ0v) is 20.5. The summed E-state index contributed by atoms with van der Waals surface area (Å²) in [6.07, 6.45) is 1.14. The molecule has 1 heterocycles. The van der Waals surface area contributed by atoms with Crippen LogP contribution in [0.2, 0.25) is 0 Å². The molecule has 0 radical (unpaired) electrons. The highest BCUT2D eigenvalue weighted by Crippen LogP contribution is 2.36.